The summed E-state index contributed by atoms with van der Waals surface area (Å²) in [6.07, 6.45) is 5.02. The molecule has 26 heavy (non-hydrogen) atoms. The van der Waals surface area contributed by atoms with Crippen molar-refractivity contribution in [2.24, 2.45) is 0 Å². The van der Waals surface area contributed by atoms with Gasteiger partial charge in [-0.05, 0) is 52.4 Å². The van der Waals surface area contributed by atoms with E-state index in [0.717, 1.165) is 36.9 Å². The lowest BCUT2D eigenvalue weighted by molar-refractivity contribution is -0.0395. The molecule has 2 saturated heterocycles. The van der Waals surface area contributed by atoms with E-state index in [0.29, 0.717) is 5.82 Å². The molecule has 0 amide bonds. The maximum atomic E-state index is 6.15. The molecule has 0 N–H and O–H groups in total. The minimum absolute atomic E-state index is 0.00344. The molecule has 0 bridgehead atoms. The maximum Gasteiger partial charge on any atom is 0.494 e. The molecule has 2 aliphatic rings. The van der Waals surface area contributed by atoms with Gasteiger partial charge in [-0.1, -0.05) is 24.3 Å². The Kier molecular flexibility index (Phi) is 4.41. The van der Waals surface area contributed by atoms with Gasteiger partial charge in [0.2, 0.25) is 0 Å². The Morgan fingerprint density at radius 2 is 1.88 bits per heavy atom. The smallest absolute Gasteiger partial charge is 0.399 e. The standard InChI is InChI=1S/C19H26BN3O3/c1-18(2)19(3,4)26-20(25-18)15-9-7-8-14(12-15)17-21-13-23(22-17)16-10-5-6-11-24-16/h7-9,12-13,16H,5-6,10-11H2,1-4H3. The Morgan fingerprint density at radius 3 is 2.58 bits per heavy atom. The van der Waals surface area contributed by atoms with Gasteiger partial charge in [0.15, 0.2) is 12.1 Å². The molecule has 6 nitrogen and oxygen atoms in total. The van der Waals surface area contributed by atoms with Crippen LogP contribution in [0.25, 0.3) is 11.4 Å². The first kappa shape index (κ1) is 17.7. The van der Waals surface area contributed by atoms with Crippen molar-refractivity contribution in [1.82, 2.24) is 14.8 Å². The summed E-state index contributed by atoms with van der Waals surface area (Å²) in [5.41, 5.74) is 1.22. The van der Waals surface area contributed by atoms with E-state index in [9.17, 15) is 0 Å². The van der Waals surface area contributed by atoms with Crippen molar-refractivity contribution in [2.45, 2.75) is 64.4 Å². The summed E-state index contributed by atoms with van der Waals surface area (Å²) in [7, 11) is -0.385. The van der Waals surface area contributed by atoms with Crippen molar-refractivity contribution in [1.29, 1.82) is 0 Å². The number of ether oxygens (including phenoxy) is 1. The minimum Gasteiger partial charge on any atom is -0.399 e. The fourth-order valence-electron chi connectivity index (χ4n) is 3.28. The molecule has 1 aromatic carbocycles. The van der Waals surface area contributed by atoms with Gasteiger partial charge in [0, 0.05) is 12.2 Å². The van der Waals surface area contributed by atoms with E-state index in [1.54, 1.807) is 6.33 Å². The lowest BCUT2D eigenvalue weighted by Crippen LogP contribution is -2.41. The van der Waals surface area contributed by atoms with Crippen LogP contribution in [-0.4, -0.2) is 39.7 Å². The quantitative estimate of drug-likeness (QED) is 0.793. The van der Waals surface area contributed by atoms with Crippen molar-refractivity contribution >= 4 is 12.6 Å². The minimum atomic E-state index is -0.385. The summed E-state index contributed by atoms with van der Waals surface area (Å²) in [4.78, 5) is 4.48. The third-order valence-corrected chi connectivity index (χ3v) is 5.63. The summed E-state index contributed by atoms with van der Waals surface area (Å²) in [6, 6.07) is 8.07. The second-order valence-corrected chi connectivity index (χ2v) is 8.08. The molecule has 3 heterocycles. The van der Waals surface area contributed by atoms with Gasteiger partial charge in [0.05, 0.1) is 11.2 Å². The van der Waals surface area contributed by atoms with E-state index < -0.39 is 0 Å². The summed E-state index contributed by atoms with van der Waals surface area (Å²) < 4.78 is 19.9. The highest BCUT2D eigenvalue weighted by atomic mass is 16.7. The largest absolute Gasteiger partial charge is 0.494 e. The highest BCUT2D eigenvalue weighted by Crippen LogP contribution is 2.36. The van der Waals surface area contributed by atoms with E-state index in [1.165, 1.54) is 0 Å². The van der Waals surface area contributed by atoms with E-state index in [4.69, 9.17) is 14.0 Å². The zero-order valence-electron chi connectivity index (χ0n) is 15.9. The molecule has 0 spiro atoms. The van der Waals surface area contributed by atoms with Crippen molar-refractivity contribution in [3.8, 4) is 11.4 Å². The second kappa shape index (κ2) is 6.48. The number of hydrogen-bond acceptors (Lipinski definition) is 5. The van der Waals surface area contributed by atoms with Crippen LogP contribution in [0.1, 0.15) is 53.2 Å². The van der Waals surface area contributed by atoms with Crippen molar-refractivity contribution in [3.05, 3.63) is 30.6 Å². The molecule has 2 aliphatic heterocycles. The summed E-state index contributed by atoms with van der Waals surface area (Å²) >= 11 is 0. The molecule has 1 aromatic heterocycles. The molecule has 138 valence electrons. The van der Waals surface area contributed by atoms with Crippen LogP contribution >= 0.6 is 0 Å². The molecule has 7 heteroatoms. The van der Waals surface area contributed by atoms with Crippen LogP contribution < -0.4 is 5.46 Å². The predicted molar refractivity (Wildman–Crippen MR) is 100 cm³/mol. The van der Waals surface area contributed by atoms with E-state index in [2.05, 4.69) is 37.8 Å². The lowest BCUT2D eigenvalue weighted by Gasteiger charge is -2.32. The number of benzene rings is 1. The number of rotatable bonds is 3. The number of nitrogens with zero attached hydrogens (tertiary/aromatic N) is 3. The first-order valence-electron chi connectivity index (χ1n) is 9.34. The summed E-state index contributed by atoms with van der Waals surface area (Å²) in [5, 5.41) is 4.63. The summed E-state index contributed by atoms with van der Waals surface area (Å²) in [6.45, 7) is 9.03. The molecule has 1 atom stereocenters. The second-order valence-electron chi connectivity index (χ2n) is 8.08. The van der Waals surface area contributed by atoms with Gasteiger partial charge in [-0.3, -0.25) is 0 Å². The van der Waals surface area contributed by atoms with Crippen LogP contribution in [-0.2, 0) is 14.0 Å². The molecule has 2 fully saturated rings. The lowest BCUT2D eigenvalue weighted by atomic mass is 9.78. The normalized spacial score (nSPS) is 24.8. The van der Waals surface area contributed by atoms with Crippen molar-refractivity contribution < 1.29 is 14.0 Å². The van der Waals surface area contributed by atoms with E-state index in [-0.39, 0.29) is 24.5 Å². The highest BCUT2D eigenvalue weighted by molar-refractivity contribution is 6.62. The van der Waals surface area contributed by atoms with Gasteiger partial charge in [-0.25, -0.2) is 9.67 Å². The van der Waals surface area contributed by atoms with E-state index >= 15 is 0 Å². The number of hydrogen-bond donors (Lipinski definition) is 0. The van der Waals surface area contributed by atoms with Gasteiger partial charge in [-0.2, -0.15) is 0 Å². The fourth-order valence-corrected chi connectivity index (χ4v) is 3.28. The van der Waals surface area contributed by atoms with Crippen molar-refractivity contribution in [2.75, 3.05) is 6.61 Å². The van der Waals surface area contributed by atoms with Gasteiger partial charge in [0.1, 0.15) is 6.33 Å². The van der Waals surface area contributed by atoms with Crippen LogP contribution in [0.4, 0.5) is 0 Å². The maximum absolute atomic E-state index is 6.15. The molecule has 2 aromatic rings. The van der Waals surface area contributed by atoms with Gasteiger partial charge in [-0.15, -0.1) is 5.10 Å². The Hall–Kier alpha value is -1.70. The average molecular weight is 355 g/mol. The molecule has 0 aliphatic carbocycles. The third kappa shape index (κ3) is 3.19. The SMILES string of the molecule is CC1(C)OB(c2cccc(-c3ncn(C4CCCCO4)n3)c2)OC1(C)C. The van der Waals surface area contributed by atoms with Gasteiger partial charge in [0.25, 0.3) is 0 Å². The number of aromatic nitrogens is 3. The molecule has 4 rings (SSSR count). The Labute approximate surface area is 155 Å². The van der Waals surface area contributed by atoms with Crippen LogP contribution in [0.3, 0.4) is 0 Å². The average Bonchev–Trinajstić information content (AvgIpc) is 3.19. The van der Waals surface area contributed by atoms with Crippen LogP contribution in [0.5, 0.6) is 0 Å². The monoisotopic (exact) mass is 355 g/mol. The van der Waals surface area contributed by atoms with Gasteiger partial charge >= 0.3 is 7.12 Å². The topological polar surface area (TPSA) is 58.4 Å². The highest BCUT2D eigenvalue weighted by Gasteiger charge is 2.51. The first-order chi connectivity index (χ1) is 12.4. The zero-order chi connectivity index (χ0) is 18.4. The zero-order valence-corrected chi connectivity index (χ0v) is 15.9. The Bertz CT molecular complexity index is 768. The van der Waals surface area contributed by atoms with Crippen LogP contribution in [0.2, 0.25) is 0 Å². The predicted octanol–water partition coefficient (Wildman–Crippen LogP) is 2.94. The molecule has 0 saturated carbocycles. The first-order valence-corrected chi connectivity index (χ1v) is 9.34. The molecule has 0 radical (unpaired) electrons. The molecular formula is C19H26BN3O3. The molecule has 1 unspecified atom stereocenters. The fraction of sp³-hybridized carbons (Fsp3) is 0.579. The van der Waals surface area contributed by atoms with Crippen molar-refractivity contribution in [3.63, 3.8) is 0 Å². The van der Waals surface area contributed by atoms with Crippen LogP contribution in [0, 0.1) is 0 Å². The third-order valence-electron chi connectivity index (χ3n) is 5.63. The van der Waals surface area contributed by atoms with Crippen LogP contribution in [0.15, 0.2) is 30.6 Å². The van der Waals surface area contributed by atoms with Gasteiger partial charge < -0.3 is 14.0 Å². The Morgan fingerprint density at radius 1 is 1.12 bits per heavy atom. The summed E-state index contributed by atoms with van der Waals surface area (Å²) in [5.74, 6) is 0.692. The Balaban J connectivity index is 1.56. The molecular weight excluding hydrogens is 329 g/mol. The van der Waals surface area contributed by atoms with E-state index in [1.807, 2.05) is 28.9 Å².